The lowest BCUT2D eigenvalue weighted by molar-refractivity contribution is -0.138. The number of allylic oxidation sites excluding steroid dienone is 2. The van der Waals surface area contributed by atoms with Gasteiger partial charge in [0.05, 0.1) is 33.4 Å². The molecule has 4 rings (SSSR count). The zero-order valence-electron chi connectivity index (χ0n) is 22.4. The van der Waals surface area contributed by atoms with E-state index >= 15 is 0 Å². The van der Waals surface area contributed by atoms with Gasteiger partial charge in [-0.15, -0.1) is 0 Å². The van der Waals surface area contributed by atoms with Crippen molar-refractivity contribution < 1.29 is 19.0 Å². The Hall–Kier alpha value is -4.34. The minimum Gasteiger partial charge on any atom is -0.496 e. The van der Waals surface area contributed by atoms with Crippen LogP contribution in [0, 0.1) is 0 Å². The predicted molar refractivity (Wildman–Crippen MR) is 161 cm³/mol. The fourth-order valence-corrected chi connectivity index (χ4v) is 7.86. The van der Waals surface area contributed by atoms with Gasteiger partial charge in [0.2, 0.25) is 0 Å². The Kier molecular flexibility index (Phi) is 9.55. The Bertz CT molecular complexity index is 1370. The number of ether oxygens (including phenoxy) is 3. The van der Waals surface area contributed by atoms with Crippen LogP contribution in [0.1, 0.15) is 12.5 Å². The number of hydrogen-bond donors (Lipinski definition) is 0. The number of rotatable bonds is 10. The first-order valence-corrected chi connectivity index (χ1v) is 14.4. The van der Waals surface area contributed by atoms with E-state index in [-0.39, 0.29) is 12.3 Å². The van der Waals surface area contributed by atoms with E-state index < -0.39 is 13.0 Å². The summed E-state index contributed by atoms with van der Waals surface area (Å²) >= 11 is 0. The number of methoxy groups -OCH3 is 2. The Labute approximate surface area is 230 Å². The van der Waals surface area contributed by atoms with Crippen molar-refractivity contribution in [1.82, 2.24) is 0 Å². The molecule has 0 unspecified atom stereocenters. The highest BCUT2D eigenvalue weighted by Gasteiger charge is 2.29. The first kappa shape index (κ1) is 27.7. The zero-order valence-corrected chi connectivity index (χ0v) is 23.3. The third kappa shape index (κ3) is 6.22. The van der Waals surface area contributed by atoms with Crippen LogP contribution in [0.3, 0.4) is 0 Å². The standard InChI is InChI=1S/C33H32NO4P/c1-4-38-33(35)30(23-14-22-29-31(36-2)24-15-25-32(29)37-3)34-39(26-16-8-5-9-17-26,27-18-10-6-11-19-27)28-20-12-7-13-21-28/h5-25H,4H2,1-3H3/b22-14+,30-23+. The molecule has 198 valence electrons. The van der Waals surface area contributed by atoms with Crippen molar-refractivity contribution in [3.8, 4) is 11.5 Å². The van der Waals surface area contributed by atoms with E-state index in [1.54, 1.807) is 33.3 Å². The molecule has 0 spiro atoms. The van der Waals surface area contributed by atoms with Crippen molar-refractivity contribution in [2.24, 2.45) is 4.74 Å². The zero-order chi connectivity index (χ0) is 27.5. The molecule has 0 atom stereocenters. The number of nitrogens with zero attached hydrogens (tertiary/aromatic N) is 1. The highest BCUT2D eigenvalue weighted by Crippen LogP contribution is 2.48. The number of carbonyl (C=O) groups is 1. The Morgan fingerprint density at radius 2 is 1.18 bits per heavy atom. The van der Waals surface area contributed by atoms with Gasteiger partial charge in [0.15, 0.2) is 0 Å². The van der Waals surface area contributed by atoms with Crippen LogP contribution in [0.4, 0.5) is 0 Å². The maximum atomic E-state index is 13.4. The second-order valence-corrected chi connectivity index (χ2v) is 11.5. The molecule has 0 aliphatic rings. The summed E-state index contributed by atoms with van der Waals surface area (Å²) in [5.74, 6) is 0.836. The minimum absolute atomic E-state index is 0.229. The fourth-order valence-electron chi connectivity index (χ4n) is 4.34. The van der Waals surface area contributed by atoms with E-state index in [9.17, 15) is 4.79 Å². The molecule has 6 heteroatoms. The molecule has 5 nitrogen and oxygen atoms in total. The number of benzene rings is 4. The van der Waals surface area contributed by atoms with Gasteiger partial charge in [-0.1, -0.05) is 103 Å². The van der Waals surface area contributed by atoms with E-state index in [1.807, 2.05) is 78.9 Å². The molecule has 0 amide bonds. The van der Waals surface area contributed by atoms with Gasteiger partial charge in [-0.05, 0) is 31.2 Å². The van der Waals surface area contributed by atoms with Crippen LogP contribution in [-0.4, -0.2) is 26.8 Å². The summed E-state index contributed by atoms with van der Waals surface area (Å²) in [7, 11) is 0.565. The van der Waals surface area contributed by atoms with E-state index in [0.717, 1.165) is 21.5 Å². The van der Waals surface area contributed by atoms with Gasteiger partial charge in [-0.25, -0.2) is 9.54 Å². The van der Waals surface area contributed by atoms with E-state index in [1.165, 1.54) is 0 Å². The predicted octanol–water partition coefficient (Wildman–Crippen LogP) is 6.34. The van der Waals surface area contributed by atoms with Crippen LogP contribution in [0.2, 0.25) is 0 Å². The second-order valence-electron chi connectivity index (χ2n) is 8.45. The molecule has 4 aromatic carbocycles. The lowest BCUT2D eigenvalue weighted by Gasteiger charge is -2.27. The second kappa shape index (κ2) is 13.5. The summed E-state index contributed by atoms with van der Waals surface area (Å²) in [6.07, 6.45) is 5.33. The van der Waals surface area contributed by atoms with E-state index in [2.05, 4.69) is 36.4 Å². The summed E-state index contributed by atoms with van der Waals surface area (Å²) in [5, 5.41) is 3.11. The Morgan fingerprint density at radius 3 is 1.59 bits per heavy atom. The SMILES string of the molecule is CCOC(=O)/C(=C\C=C\c1c(OC)cccc1OC)N=P(c1ccccc1)(c1ccccc1)c1ccccc1. The molecule has 0 saturated carbocycles. The van der Waals surface area contributed by atoms with E-state index in [4.69, 9.17) is 19.0 Å². The quantitative estimate of drug-likeness (QED) is 0.103. The number of hydrogen-bond acceptors (Lipinski definition) is 5. The van der Waals surface area contributed by atoms with Crippen LogP contribution in [-0.2, 0) is 9.53 Å². The van der Waals surface area contributed by atoms with Gasteiger partial charge in [0.25, 0.3) is 0 Å². The topological polar surface area (TPSA) is 57.1 Å². The first-order valence-electron chi connectivity index (χ1n) is 12.7. The monoisotopic (exact) mass is 537 g/mol. The van der Waals surface area contributed by atoms with Gasteiger partial charge in [0.1, 0.15) is 17.2 Å². The van der Waals surface area contributed by atoms with Crippen molar-refractivity contribution in [3.63, 3.8) is 0 Å². The first-order chi connectivity index (χ1) is 19.1. The number of carbonyl (C=O) groups excluding carboxylic acids is 1. The molecule has 0 radical (unpaired) electrons. The molecule has 0 aliphatic carbocycles. The molecule has 0 heterocycles. The van der Waals surface area contributed by atoms with Crippen molar-refractivity contribution in [2.75, 3.05) is 20.8 Å². The average molecular weight is 538 g/mol. The minimum atomic E-state index is -2.66. The highest BCUT2D eigenvalue weighted by atomic mass is 31.2. The molecule has 0 N–H and O–H groups in total. The smallest absolute Gasteiger partial charge is 0.356 e. The Balaban J connectivity index is 2.01. The average Bonchev–Trinajstić information content (AvgIpc) is 3.00. The van der Waals surface area contributed by atoms with Crippen molar-refractivity contribution in [2.45, 2.75) is 6.92 Å². The largest absolute Gasteiger partial charge is 0.496 e. The molecule has 0 bridgehead atoms. The normalized spacial score (nSPS) is 11.7. The van der Waals surface area contributed by atoms with Gasteiger partial charge in [-0.2, -0.15) is 0 Å². The van der Waals surface area contributed by atoms with Gasteiger partial charge < -0.3 is 14.2 Å². The van der Waals surface area contributed by atoms with Gasteiger partial charge in [0, 0.05) is 15.9 Å². The summed E-state index contributed by atoms with van der Waals surface area (Å²) in [5.41, 5.74) is 0.990. The van der Waals surface area contributed by atoms with Gasteiger partial charge in [-0.3, -0.25) is 0 Å². The van der Waals surface area contributed by atoms with Crippen LogP contribution < -0.4 is 25.4 Å². The highest BCUT2D eigenvalue weighted by molar-refractivity contribution is 7.87. The van der Waals surface area contributed by atoms with E-state index in [0.29, 0.717) is 11.5 Å². The van der Waals surface area contributed by atoms with Crippen molar-refractivity contribution >= 4 is 35.0 Å². The van der Waals surface area contributed by atoms with Crippen LogP contribution in [0.5, 0.6) is 11.5 Å². The molecular formula is C33H32NO4P. The van der Waals surface area contributed by atoms with Crippen molar-refractivity contribution in [1.29, 1.82) is 0 Å². The molecular weight excluding hydrogens is 505 g/mol. The maximum absolute atomic E-state index is 13.4. The third-order valence-electron chi connectivity index (χ3n) is 6.11. The summed E-state index contributed by atoms with van der Waals surface area (Å²) in [6, 6.07) is 36.1. The van der Waals surface area contributed by atoms with Crippen LogP contribution in [0.15, 0.2) is 132 Å². The lowest BCUT2D eigenvalue weighted by atomic mass is 10.1. The summed E-state index contributed by atoms with van der Waals surface area (Å²) in [6.45, 7) is 2.03. The molecule has 4 aromatic rings. The maximum Gasteiger partial charge on any atom is 0.356 e. The fraction of sp³-hybridized carbons (Fsp3) is 0.121. The lowest BCUT2D eigenvalue weighted by Crippen LogP contribution is -2.26. The molecule has 0 saturated heterocycles. The molecule has 39 heavy (non-hydrogen) atoms. The Morgan fingerprint density at radius 1 is 0.718 bits per heavy atom. The number of esters is 1. The molecule has 0 aliphatic heterocycles. The van der Waals surface area contributed by atoms with Crippen LogP contribution >= 0.6 is 7.05 Å². The molecule has 0 fully saturated rings. The van der Waals surface area contributed by atoms with Crippen LogP contribution in [0.25, 0.3) is 6.08 Å². The molecule has 0 aromatic heterocycles. The van der Waals surface area contributed by atoms with Gasteiger partial charge >= 0.3 is 5.97 Å². The third-order valence-corrected chi connectivity index (χ3v) is 9.77. The summed E-state index contributed by atoms with van der Waals surface area (Å²) in [4.78, 5) is 13.4. The van der Waals surface area contributed by atoms with Crippen molar-refractivity contribution in [3.05, 3.63) is 133 Å². The summed E-state index contributed by atoms with van der Waals surface area (Å²) < 4.78 is 21.9.